The number of carbonyl (C=O) groups is 1. The van der Waals surface area contributed by atoms with Gasteiger partial charge < -0.3 is 4.42 Å². The minimum Gasteiger partial charge on any atom is -0.461 e. The Bertz CT molecular complexity index is 771. The van der Waals surface area contributed by atoms with Gasteiger partial charge in [-0.2, -0.15) is 0 Å². The molecule has 3 heteroatoms. The lowest BCUT2D eigenvalue weighted by molar-refractivity contribution is 0.103. The van der Waals surface area contributed by atoms with Crippen molar-refractivity contribution >= 4 is 28.4 Å². The van der Waals surface area contributed by atoms with E-state index < -0.39 is 0 Å². The molecule has 0 saturated carbocycles. The average Bonchev–Trinajstić information content (AvgIpc) is 2.74. The van der Waals surface area contributed by atoms with Crippen LogP contribution >= 0.6 is 11.6 Å². The van der Waals surface area contributed by atoms with Crippen molar-refractivity contribution in [2.24, 2.45) is 0 Å². The van der Waals surface area contributed by atoms with E-state index in [1.54, 1.807) is 31.2 Å². The van der Waals surface area contributed by atoms with Crippen molar-refractivity contribution in [1.82, 2.24) is 0 Å². The Morgan fingerprint density at radius 3 is 2.53 bits per heavy atom. The lowest BCUT2D eigenvalue weighted by Crippen LogP contribution is -2.02. The van der Waals surface area contributed by atoms with E-state index in [1.165, 1.54) is 0 Å². The molecule has 0 N–H and O–H groups in total. The van der Waals surface area contributed by atoms with Crippen molar-refractivity contribution in [2.45, 2.75) is 6.92 Å². The second kappa shape index (κ2) is 4.56. The number of hydrogen-bond donors (Lipinski definition) is 0. The van der Waals surface area contributed by atoms with Gasteiger partial charge in [-0.15, -0.1) is 0 Å². The van der Waals surface area contributed by atoms with Crippen LogP contribution in [0.5, 0.6) is 0 Å². The summed E-state index contributed by atoms with van der Waals surface area (Å²) in [7, 11) is 0. The molecule has 0 radical (unpaired) electrons. The molecule has 19 heavy (non-hydrogen) atoms. The zero-order valence-corrected chi connectivity index (χ0v) is 11.1. The molecule has 0 bridgehead atoms. The van der Waals surface area contributed by atoms with Crippen LogP contribution < -0.4 is 0 Å². The molecule has 0 fully saturated rings. The summed E-state index contributed by atoms with van der Waals surface area (Å²) in [5.41, 5.74) is 1.80. The first-order chi connectivity index (χ1) is 9.18. The molecule has 0 aliphatic heterocycles. The van der Waals surface area contributed by atoms with Gasteiger partial charge in [-0.25, -0.2) is 0 Å². The Balaban J connectivity index is 2.23. The van der Waals surface area contributed by atoms with Gasteiger partial charge in [-0.3, -0.25) is 4.79 Å². The van der Waals surface area contributed by atoms with Crippen LogP contribution in [0, 0.1) is 6.92 Å². The van der Waals surface area contributed by atoms with Crippen LogP contribution in [-0.4, -0.2) is 5.78 Å². The van der Waals surface area contributed by atoms with Crippen LogP contribution in [0.25, 0.3) is 11.0 Å². The molecule has 2 aromatic carbocycles. The van der Waals surface area contributed by atoms with E-state index >= 15 is 0 Å². The van der Waals surface area contributed by atoms with Crippen molar-refractivity contribution in [3.05, 3.63) is 70.4 Å². The smallest absolute Gasteiger partial charge is 0.198 e. The molecule has 94 valence electrons. The molecule has 0 spiro atoms. The Morgan fingerprint density at radius 2 is 1.74 bits per heavy atom. The van der Waals surface area contributed by atoms with E-state index in [-0.39, 0.29) is 5.78 Å². The van der Waals surface area contributed by atoms with Gasteiger partial charge in [-0.1, -0.05) is 41.9 Å². The zero-order chi connectivity index (χ0) is 13.4. The number of rotatable bonds is 2. The number of para-hydroxylation sites is 1. The first-order valence-electron chi connectivity index (χ1n) is 5.96. The summed E-state index contributed by atoms with van der Waals surface area (Å²) < 4.78 is 5.62. The molecule has 0 amide bonds. The molecular weight excluding hydrogens is 260 g/mol. The maximum Gasteiger partial charge on any atom is 0.198 e. The first-order valence-corrected chi connectivity index (χ1v) is 6.33. The third-order valence-electron chi connectivity index (χ3n) is 3.12. The highest BCUT2D eigenvalue weighted by Gasteiger charge is 2.20. The van der Waals surface area contributed by atoms with Crippen LogP contribution in [0.3, 0.4) is 0 Å². The minimum atomic E-state index is -0.104. The van der Waals surface area contributed by atoms with Gasteiger partial charge in [-0.05, 0) is 25.1 Å². The van der Waals surface area contributed by atoms with E-state index in [9.17, 15) is 4.79 Å². The fraction of sp³-hybridized carbons (Fsp3) is 0.0625. The van der Waals surface area contributed by atoms with Gasteiger partial charge in [0.2, 0.25) is 0 Å². The first kappa shape index (κ1) is 12.0. The van der Waals surface area contributed by atoms with Crippen molar-refractivity contribution in [3.63, 3.8) is 0 Å². The highest BCUT2D eigenvalue weighted by atomic mass is 35.5. The van der Waals surface area contributed by atoms with Crippen LogP contribution in [0.15, 0.2) is 52.9 Å². The normalized spacial score (nSPS) is 10.8. The third-order valence-corrected chi connectivity index (χ3v) is 3.45. The number of ketones is 1. The second-order valence-electron chi connectivity index (χ2n) is 4.34. The molecular formula is C16H11ClO2. The van der Waals surface area contributed by atoms with Gasteiger partial charge in [0.05, 0.1) is 10.6 Å². The summed E-state index contributed by atoms with van der Waals surface area (Å²) in [6.07, 6.45) is 0. The van der Waals surface area contributed by atoms with Gasteiger partial charge in [0.25, 0.3) is 0 Å². The molecule has 0 unspecified atom stereocenters. The van der Waals surface area contributed by atoms with E-state index in [2.05, 4.69) is 0 Å². The minimum absolute atomic E-state index is 0.104. The van der Waals surface area contributed by atoms with Gasteiger partial charge in [0.1, 0.15) is 11.3 Å². The van der Waals surface area contributed by atoms with Crippen molar-refractivity contribution in [3.8, 4) is 0 Å². The number of carbonyl (C=O) groups excluding carboxylic acids is 1. The summed E-state index contributed by atoms with van der Waals surface area (Å²) in [4.78, 5) is 12.6. The van der Waals surface area contributed by atoms with Gasteiger partial charge in [0, 0.05) is 10.9 Å². The largest absolute Gasteiger partial charge is 0.461 e. The lowest BCUT2D eigenvalue weighted by atomic mass is 10.0. The van der Waals surface area contributed by atoms with Crippen molar-refractivity contribution in [1.29, 1.82) is 0 Å². The van der Waals surface area contributed by atoms with E-state index in [4.69, 9.17) is 16.0 Å². The predicted molar refractivity (Wildman–Crippen MR) is 75.8 cm³/mol. The fourth-order valence-corrected chi connectivity index (χ4v) is 2.45. The summed E-state index contributed by atoms with van der Waals surface area (Å²) >= 11 is 6.09. The predicted octanol–water partition coefficient (Wildman–Crippen LogP) is 4.63. The molecule has 3 aromatic rings. The van der Waals surface area contributed by atoms with E-state index in [0.29, 0.717) is 21.9 Å². The fourth-order valence-electron chi connectivity index (χ4n) is 2.23. The monoisotopic (exact) mass is 270 g/mol. The summed E-state index contributed by atoms with van der Waals surface area (Å²) in [6.45, 7) is 1.80. The number of furan rings is 1. The van der Waals surface area contributed by atoms with Gasteiger partial charge >= 0.3 is 0 Å². The van der Waals surface area contributed by atoms with Crippen LogP contribution in [0.2, 0.25) is 5.02 Å². The van der Waals surface area contributed by atoms with E-state index in [0.717, 1.165) is 11.0 Å². The van der Waals surface area contributed by atoms with Crippen LogP contribution in [-0.2, 0) is 0 Å². The average molecular weight is 271 g/mol. The maximum atomic E-state index is 12.6. The molecule has 0 saturated heterocycles. The van der Waals surface area contributed by atoms with Crippen LogP contribution in [0.4, 0.5) is 0 Å². The Hall–Kier alpha value is -2.06. The SMILES string of the molecule is Cc1oc2ccccc2c1C(=O)c1ccccc1Cl. The molecule has 0 aliphatic rings. The molecule has 0 atom stereocenters. The summed E-state index contributed by atoms with van der Waals surface area (Å²) in [6, 6.07) is 14.6. The Kier molecular flexibility index (Phi) is 2.88. The quantitative estimate of drug-likeness (QED) is 0.636. The van der Waals surface area contributed by atoms with E-state index in [1.807, 2.05) is 24.3 Å². The number of aryl methyl sites for hydroxylation is 1. The Labute approximate surface area is 115 Å². The van der Waals surface area contributed by atoms with Crippen molar-refractivity contribution in [2.75, 3.05) is 0 Å². The number of benzene rings is 2. The highest BCUT2D eigenvalue weighted by Crippen LogP contribution is 2.29. The van der Waals surface area contributed by atoms with Crippen LogP contribution in [0.1, 0.15) is 21.7 Å². The third kappa shape index (κ3) is 1.94. The van der Waals surface area contributed by atoms with Gasteiger partial charge in [0.15, 0.2) is 5.78 Å². The number of hydrogen-bond acceptors (Lipinski definition) is 2. The summed E-state index contributed by atoms with van der Waals surface area (Å²) in [5.74, 6) is 0.513. The lowest BCUT2D eigenvalue weighted by Gasteiger charge is -2.02. The molecule has 2 nitrogen and oxygen atoms in total. The summed E-state index contributed by atoms with van der Waals surface area (Å²) in [5, 5.41) is 1.28. The zero-order valence-electron chi connectivity index (χ0n) is 10.3. The topological polar surface area (TPSA) is 30.2 Å². The van der Waals surface area contributed by atoms with Crippen molar-refractivity contribution < 1.29 is 9.21 Å². The molecule has 1 heterocycles. The Morgan fingerprint density at radius 1 is 1.05 bits per heavy atom. The standard InChI is InChI=1S/C16H11ClO2/c1-10-15(12-7-3-5-9-14(12)19-10)16(18)11-6-2-4-8-13(11)17/h2-9H,1H3. The maximum absolute atomic E-state index is 12.6. The number of fused-ring (bicyclic) bond motifs is 1. The highest BCUT2D eigenvalue weighted by molar-refractivity contribution is 6.35. The molecule has 0 aliphatic carbocycles. The number of halogens is 1. The molecule has 3 rings (SSSR count). The molecule has 1 aromatic heterocycles. The second-order valence-corrected chi connectivity index (χ2v) is 4.75.